The van der Waals surface area contributed by atoms with Crippen LogP contribution < -0.4 is 0 Å². The fourth-order valence-electron chi connectivity index (χ4n) is 3.73. The van der Waals surface area contributed by atoms with Gasteiger partial charge in [0.1, 0.15) is 6.10 Å². The average molecular weight is 263 g/mol. The minimum Gasteiger partial charge on any atom is -0.462 e. The van der Waals surface area contributed by atoms with Crippen molar-refractivity contribution in [3.8, 4) is 6.07 Å². The van der Waals surface area contributed by atoms with Crippen LogP contribution >= 0.6 is 0 Å². The normalized spacial score (nSPS) is 36.5. The number of rotatable bonds is 2. The Labute approximate surface area is 116 Å². The van der Waals surface area contributed by atoms with Crippen molar-refractivity contribution in [2.75, 3.05) is 0 Å². The maximum absolute atomic E-state index is 12.1. The molecule has 2 aliphatic carbocycles. The second-order valence-electron chi connectivity index (χ2n) is 6.47. The topological polar surface area (TPSA) is 50.1 Å². The molecule has 19 heavy (non-hydrogen) atoms. The molecule has 0 aromatic rings. The molecule has 3 heteroatoms. The number of hydrogen-bond donors (Lipinski definition) is 0. The summed E-state index contributed by atoms with van der Waals surface area (Å²) in [5.74, 6) is 0.924. The van der Waals surface area contributed by atoms with Crippen LogP contribution in [0.3, 0.4) is 0 Å². The molecule has 2 fully saturated rings. The first-order chi connectivity index (χ1) is 9.11. The summed E-state index contributed by atoms with van der Waals surface area (Å²) in [6.07, 6.45) is 7.30. The SMILES string of the molecule is CC1CC(OC(=O)C2CCCCC2)CC(C)C1C#N. The zero-order valence-corrected chi connectivity index (χ0v) is 12.1. The Kier molecular flexibility index (Phi) is 4.85. The van der Waals surface area contributed by atoms with Crippen molar-refractivity contribution >= 4 is 5.97 Å². The zero-order valence-electron chi connectivity index (χ0n) is 12.1. The van der Waals surface area contributed by atoms with Gasteiger partial charge in [-0.2, -0.15) is 5.26 Å². The third kappa shape index (κ3) is 3.49. The molecule has 2 aliphatic rings. The molecule has 2 atom stereocenters. The number of carbonyl (C=O) groups is 1. The molecule has 3 nitrogen and oxygen atoms in total. The van der Waals surface area contributed by atoms with Crippen molar-refractivity contribution in [1.82, 2.24) is 0 Å². The standard InChI is InChI=1S/C16H25NO2/c1-11-8-14(9-12(2)15(11)10-17)19-16(18)13-6-4-3-5-7-13/h11-15H,3-9H2,1-2H3. The van der Waals surface area contributed by atoms with E-state index in [9.17, 15) is 4.79 Å². The highest BCUT2D eigenvalue weighted by Crippen LogP contribution is 2.36. The molecule has 0 radical (unpaired) electrons. The first-order valence-electron chi connectivity index (χ1n) is 7.72. The number of ether oxygens (including phenoxy) is 1. The van der Waals surface area contributed by atoms with Gasteiger partial charge in [0.15, 0.2) is 0 Å². The van der Waals surface area contributed by atoms with Gasteiger partial charge < -0.3 is 4.74 Å². The van der Waals surface area contributed by atoms with E-state index in [0.717, 1.165) is 38.5 Å². The van der Waals surface area contributed by atoms with Crippen molar-refractivity contribution in [1.29, 1.82) is 5.26 Å². The van der Waals surface area contributed by atoms with E-state index in [4.69, 9.17) is 10.00 Å². The molecule has 0 heterocycles. The lowest BCUT2D eigenvalue weighted by Gasteiger charge is -2.35. The van der Waals surface area contributed by atoms with Crippen LogP contribution in [0.25, 0.3) is 0 Å². The predicted molar refractivity (Wildman–Crippen MR) is 73.1 cm³/mol. The molecule has 0 amide bonds. The van der Waals surface area contributed by atoms with Gasteiger partial charge in [-0.1, -0.05) is 33.1 Å². The number of nitriles is 1. The van der Waals surface area contributed by atoms with Gasteiger partial charge in [-0.3, -0.25) is 4.79 Å². The zero-order chi connectivity index (χ0) is 13.8. The average Bonchev–Trinajstić information content (AvgIpc) is 2.39. The van der Waals surface area contributed by atoms with E-state index in [2.05, 4.69) is 19.9 Å². The maximum atomic E-state index is 12.1. The van der Waals surface area contributed by atoms with Gasteiger partial charge >= 0.3 is 5.97 Å². The number of esters is 1. The molecule has 0 aliphatic heterocycles. The first kappa shape index (κ1) is 14.4. The molecule has 0 bridgehead atoms. The Morgan fingerprint density at radius 2 is 1.68 bits per heavy atom. The Morgan fingerprint density at radius 1 is 1.11 bits per heavy atom. The number of nitrogens with zero attached hydrogens (tertiary/aromatic N) is 1. The molecule has 0 aromatic carbocycles. The Hall–Kier alpha value is -1.04. The van der Waals surface area contributed by atoms with E-state index < -0.39 is 0 Å². The van der Waals surface area contributed by atoms with E-state index in [0.29, 0.717) is 11.8 Å². The molecule has 0 saturated heterocycles. The molecule has 2 unspecified atom stereocenters. The Bertz CT molecular complexity index is 342. The van der Waals surface area contributed by atoms with Gasteiger partial charge in [0.05, 0.1) is 17.9 Å². The van der Waals surface area contributed by atoms with E-state index in [-0.39, 0.29) is 23.9 Å². The number of carbonyl (C=O) groups excluding carboxylic acids is 1. The fourth-order valence-corrected chi connectivity index (χ4v) is 3.73. The molecular weight excluding hydrogens is 238 g/mol. The summed E-state index contributed by atoms with van der Waals surface area (Å²) >= 11 is 0. The molecule has 2 rings (SSSR count). The predicted octanol–water partition coefficient (Wildman–Crippen LogP) is 3.68. The van der Waals surface area contributed by atoms with Crippen molar-refractivity contribution in [3.05, 3.63) is 0 Å². The Morgan fingerprint density at radius 3 is 2.21 bits per heavy atom. The van der Waals surface area contributed by atoms with Crippen LogP contribution in [0.1, 0.15) is 58.8 Å². The van der Waals surface area contributed by atoms with Crippen LogP contribution in [-0.4, -0.2) is 12.1 Å². The third-order valence-corrected chi connectivity index (χ3v) is 4.87. The maximum Gasteiger partial charge on any atom is 0.309 e. The molecule has 0 aromatic heterocycles. The lowest BCUT2D eigenvalue weighted by molar-refractivity contribution is -0.158. The van der Waals surface area contributed by atoms with E-state index in [1.165, 1.54) is 6.42 Å². The van der Waals surface area contributed by atoms with Crippen LogP contribution in [0.2, 0.25) is 0 Å². The van der Waals surface area contributed by atoms with E-state index in [1.54, 1.807) is 0 Å². The van der Waals surface area contributed by atoms with Gasteiger partial charge in [0.25, 0.3) is 0 Å². The summed E-state index contributed by atoms with van der Waals surface area (Å²) in [6.45, 7) is 4.20. The van der Waals surface area contributed by atoms with E-state index >= 15 is 0 Å². The molecule has 0 N–H and O–H groups in total. The van der Waals surface area contributed by atoms with Gasteiger partial charge in [-0.15, -0.1) is 0 Å². The largest absolute Gasteiger partial charge is 0.462 e. The fraction of sp³-hybridized carbons (Fsp3) is 0.875. The highest BCUT2D eigenvalue weighted by atomic mass is 16.5. The Balaban J connectivity index is 1.86. The van der Waals surface area contributed by atoms with Crippen molar-refractivity contribution in [2.24, 2.45) is 23.7 Å². The highest BCUT2D eigenvalue weighted by molar-refractivity contribution is 5.72. The summed E-state index contributed by atoms with van der Waals surface area (Å²) in [5, 5.41) is 9.15. The van der Waals surface area contributed by atoms with Crippen LogP contribution in [0.15, 0.2) is 0 Å². The molecular formula is C16H25NO2. The second kappa shape index (κ2) is 6.41. The quantitative estimate of drug-likeness (QED) is 0.714. The smallest absolute Gasteiger partial charge is 0.309 e. The highest BCUT2D eigenvalue weighted by Gasteiger charge is 2.36. The first-order valence-corrected chi connectivity index (χ1v) is 7.72. The van der Waals surface area contributed by atoms with Crippen LogP contribution in [-0.2, 0) is 9.53 Å². The van der Waals surface area contributed by atoms with Crippen molar-refractivity contribution in [2.45, 2.75) is 64.9 Å². The molecule has 106 valence electrons. The lowest BCUT2D eigenvalue weighted by Crippen LogP contribution is -2.36. The summed E-state index contributed by atoms with van der Waals surface area (Å²) < 4.78 is 5.72. The third-order valence-electron chi connectivity index (χ3n) is 4.87. The van der Waals surface area contributed by atoms with Crippen molar-refractivity contribution in [3.63, 3.8) is 0 Å². The van der Waals surface area contributed by atoms with Crippen LogP contribution in [0.5, 0.6) is 0 Å². The summed E-state index contributed by atoms with van der Waals surface area (Å²) in [4.78, 5) is 12.1. The summed E-state index contributed by atoms with van der Waals surface area (Å²) in [7, 11) is 0. The minimum atomic E-state index is 0.0134. The molecule has 0 spiro atoms. The van der Waals surface area contributed by atoms with Crippen molar-refractivity contribution < 1.29 is 9.53 Å². The van der Waals surface area contributed by atoms with E-state index in [1.807, 2.05) is 0 Å². The molecule has 2 saturated carbocycles. The van der Waals surface area contributed by atoms with Crippen LogP contribution in [0.4, 0.5) is 0 Å². The lowest BCUT2D eigenvalue weighted by atomic mass is 9.73. The van der Waals surface area contributed by atoms with Gasteiger partial charge in [0, 0.05) is 0 Å². The summed E-state index contributed by atoms with van der Waals surface area (Å²) in [5.41, 5.74) is 0. The van der Waals surface area contributed by atoms with Gasteiger partial charge in [-0.05, 0) is 37.5 Å². The van der Waals surface area contributed by atoms with Gasteiger partial charge in [0.2, 0.25) is 0 Å². The monoisotopic (exact) mass is 263 g/mol. The van der Waals surface area contributed by atoms with Crippen LogP contribution in [0, 0.1) is 35.0 Å². The summed E-state index contributed by atoms with van der Waals surface area (Å²) in [6, 6.07) is 2.40. The minimum absolute atomic E-state index is 0.0134. The van der Waals surface area contributed by atoms with Gasteiger partial charge in [-0.25, -0.2) is 0 Å². The second-order valence-corrected chi connectivity index (χ2v) is 6.47. The number of hydrogen-bond acceptors (Lipinski definition) is 3.